The lowest BCUT2D eigenvalue weighted by molar-refractivity contribution is -0.914. The summed E-state index contributed by atoms with van der Waals surface area (Å²) in [5, 5.41) is 10.3. The molecule has 0 bridgehead atoms. The van der Waals surface area contributed by atoms with Gasteiger partial charge in [-0.1, -0.05) is 26.7 Å². The summed E-state index contributed by atoms with van der Waals surface area (Å²) >= 11 is 0. The van der Waals surface area contributed by atoms with Crippen molar-refractivity contribution >= 4 is 0 Å². The van der Waals surface area contributed by atoms with E-state index in [1.165, 1.54) is 25.7 Å². The van der Waals surface area contributed by atoms with Crippen molar-refractivity contribution in [3.8, 4) is 0 Å². The first-order valence-corrected chi connectivity index (χ1v) is 7.54. The summed E-state index contributed by atoms with van der Waals surface area (Å²) < 4.78 is 1.87. The van der Waals surface area contributed by atoms with Crippen molar-refractivity contribution in [2.24, 2.45) is 0 Å². The van der Waals surface area contributed by atoms with Crippen LogP contribution in [0.4, 0.5) is 0 Å². The fraction of sp³-hybridized carbons (Fsp3) is 1.00. The third kappa shape index (κ3) is 8.90. The van der Waals surface area contributed by atoms with Crippen LogP contribution in [0.2, 0.25) is 0 Å². The van der Waals surface area contributed by atoms with E-state index in [1.807, 2.05) is 0 Å². The maximum atomic E-state index is 10.3. The van der Waals surface area contributed by atoms with Crippen molar-refractivity contribution in [2.75, 3.05) is 54.4 Å². The largest absolute Gasteiger partial charge is 0.382 e. The van der Waals surface area contributed by atoms with E-state index in [0.717, 1.165) is 35.1 Å². The van der Waals surface area contributed by atoms with Gasteiger partial charge in [0.15, 0.2) is 6.10 Å². The van der Waals surface area contributed by atoms with Crippen molar-refractivity contribution in [1.82, 2.24) is 0 Å². The third-order valence-electron chi connectivity index (χ3n) is 3.64. The van der Waals surface area contributed by atoms with Gasteiger partial charge in [0.25, 0.3) is 0 Å². The molecule has 0 radical (unpaired) electrons. The van der Waals surface area contributed by atoms with Crippen LogP contribution < -0.4 is 0 Å². The third-order valence-corrected chi connectivity index (χ3v) is 3.64. The van der Waals surface area contributed by atoms with Crippen LogP contribution in [-0.4, -0.2) is 74.5 Å². The van der Waals surface area contributed by atoms with Crippen molar-refractivity contribution in [3.63, 3.8) is 0 Å². The highest BCUT2D eigenvalue weighted by Crippen LogP contribution is 2.08. The van der Waals surface area contributed by atoms with Crippen LogP contribution in [0.5, 0.6) is 0 Å². The van der Waals surface area contributed by atoms with Gasteiger partial charge in [-0.2, -0.15) is 0 Å². The minimum Gasteiger partial charge on any atom is -0.382 e. The minimum atomic E-state index is -0.191. The van der Waals surface area contributed by atoms with E-state index in [4.69, 9.17) is 0 Å². The van der Waals surface area contributed by atoms with Crippen LogP contribution >= 0.6 is 0 Å². The molecule has 0 heterocycles. The molecule has 0 aliphatic carbocycles. The van der Waals surface area contributed by atoms with Crippen molar-refractivity contribution in [1.29, 1.82) is 0 Å². The SMILES string of the molecule is CCCC[N+](C)(C)CC(O)C[N+](C)(C)CCCC. The van der Waals surface area contributed by atoms with Crippen LogP contribution in [0.25, 0.3) is 0 Å². The number of rotatable bonds is 10. The summed E-state index contributed by atoms with van der Waals surface area (Å²) in [6, 6.07) is 0. The molecule has 3 nitrogen and oxygen atoms in total. The van der Waals surface area contributed by atoms with Gasteiger partial charge in [-0.25, -0.2) is 0 Å². The van der Waals surface area contributed by atoms with Gasteiger partial charge in [-0.05, 0) is 12.8 Å². The normalized spacial score (nSPS) is 13.3. The lowest BCUT2D eigenvalue weighted by Crippen LogP contribution is -2.53. The number of hydrogen-bond donors (Lipinski definition) is 1. The van der Waals surface area contributed by atoms with Gasteiger partial charge >= 0.3 is 0 Å². The van der Waals surface area contributed by atoms with Crippen LogP contribution in [0.3, 0.4) is 0 Å². The van der Waals surface area contributed by atoms with E-state index in [1.54, 1.807) is 0 Å². The molecule has 110 valence electrons. The zero-order chi connectivity index (χ0) is 14.2. The summed E-state index contributed by atoms with van der Waals surface area (Å²) in [5.41, 5.74) is 0. The second-order valence-corrected chi connectivity index (χ2v) is 7.04. The molecular weight excluding hydrogens is 224 g/mol. The van der Waals surface area contributed by atoms with E-state index in [-0.39, 0.29) is 6.10 Å². The Hall–Kier alpha value is -0.120. The predicted octanol–water partition coefficient (Wildman–Crippen LogP) is 2.10. The summed E-state index contributed by atoms with van der Waals surface area (Å²) in [6.45, 7) is 8.51. The molecule has 0 saturated heterocycles. The molecule has 1 N–H and O–H groups in total. The van der Waals surface area contributed by atoms with Crippen LogP contribution in [-0.2, 0) is 0 Å². The lowest BCUT2D eigenvalue weighted by atomic mass is 10.2. The zero-order valence-electron chi connectivity index (χ0n) is 13.6. The topological polar surface area (TPSA) is 20.2 Å². The van der Waals surface area contributed by atoms with Crippen LogP contribution in [0, 0.1) is 0 Å². The van der Waals surface area contributed by atoms with Gasteiger partial charge in [0.05, 0.1) is 41.3 Å². The Morgan fingerprint density at radius 3 is 1.39 bits per heavy atom. The number of aliphatic hydroxyl groups is 1. The second-order valence-electron chi connectivity index (χ2n) is 7.04. The molecule has 0 atom stereocenters. The van der Waals surface area contributed by atoms with Gasteiger partial charge in [0.1, 0.15) is 13.1 Å². The molecule has 0 unspecified atom stereocenters. The number of hydrogen-bond acceptors (Lipinski definition) is 1. The molecule has 0 rings (SSSR count). The standard InChI is InChI=1S/C15H36N2O/c1-7-9-11-16(3,4)13-15(18)14-17(5,6)12-10-8-2/h15,18H,7-14H2,1-6H3/q+2. The first-order valence-electron chi connectivity index (χ1n) is 7.54. The first kappa shape index (κ1) is 17.9. The van der Waals surface area contributed by atoms with E-state index < -0.39 is 0 Å². The van der Waals surface area contributed by atoms with Gasteiger partial charge in [-0.15, -0.1) is 0 Å². The molecule has 3 heteroatoms. The quantitative estimate of drug-likeness (QED) is 0.597. The maximum Gasteiger partial charge on any atom is 0.152 e. The van der Waals surface area contributed by atoms with E-state index in [2.05, 4.69) is 42.0 Å². The molecule has 0 saturated carbocycles. The summed E-state index contributed by atoms with van der Waals surface area (Å²) in [5.74, 6) is 0. The summed E-state index contributed by atoms with van der Waals surface area (Å²) in [4.78, 5) is 0. The average molecular weight is 260 g/mol. The smallest absolute Gasteiger partial charge is 0.152 e. The second kappa shape index (κ2) is 8.13. The zero-order valence-corrected chi connectivity index (χ0v) is 13.6. The highest BCUT2D eigenvalue weighted by Gasteiger charge is 2.26. The van der Waals surface area contributed by atoms with Crippen LogP contribution in [0.1, 0.15) is 39.5 Å². The molecule has 0 amide bonds. The number of nitrogens with zero attached hydrogens (tertiary/aromatic N) is 2. The van der Waals surface area contributed by atoms with Crippen molar-refractivity contribution in [3.05, 3.63) is 0 Å². The highest BCUT2D eigenvalue weighted by molar-refractivity contribution is 4.53. The average Bonchev–Trinajstić information content (AvgIpc) is 2.22. The van der Waals surface area contributed by atoms with Crippen molar-refractivity contribution < 1.29 is 14.1 Å². The molecule has 0 aromatic heterocycles. The fourth-order valence-electron chi connectivity index (χ4n) is 2.55. The number of unbranched alkanes of at least 4 members (excludes halogenated alkanes) is 2. The minimum absolute atomic E-state index is 0.191. The predicted molar refractivity (Wildman–Crippen MR) is 79.5 cm³/mol. The van der Waals surface area contributed by atoms with E-state index in [0.29, 0.717) is 0 Å². The summed E-state index contributed by atoms with van der Waals surface area (Å²) in [6.07, 6.45) is 4.76. The number of aliphatic hydroxyl groups excluding tert-OH is 1. The Morgan fingerprint density at radius 2 is 1.11 bits per heavy atom. The maximum absolute atomic E-state index is 10.3. The molecule has 0 spiro atoms. The van der Waals surface area contributed by atoms with Gasteiger partial charge in [-0.3, -0.25) is 0 Å². The number of likely N-dealkylation sites (N-methyl/N-ethyl adjacent to an activating group) is 2. The molecular formula is C15H36N2O+2. The highest BCUT2D eigenvalue weighted by atomic mass is 16.3. The Kier molecular flexibility index (Phi) is 8.08. The van der Waals surface area contributed by atoms with E-state index >= 15 is 0 Å². The van der Waals surface area contributed by atoms with Crippen molar-refractivity contribution in [2.45, 2.75) is 45.6 Å². The molecule has 0 aromatic carbocycles. The van der Waals surface area contributed by atoms with Gasteiger partial charge in [0, 0.05) is 0 Å². The Labute approximate surface area is 115 Å². The molecule has 0 aliphatic heterocycles. The van der Waals surface area contributed by atoms with Gasteiger partial charge in [0.2, 0.25) is 0 Å². The molecule has 0 aliphatic rings. The molecule has 18 heavy (non-hydrogen) atoms. The Balaban J connectivity index is 4.11. The molecule has 0 fully saturated rings. The Morgan fingerprint density at radius 1 is 0.778 bits per heavy atom. The lowest BCUT2D eigenvalue weighted by Gasteiger charge is -2.36. The first-order chi connectivity index (χ1) is 8.22. The number of quaternary nitrogens is 2. The van der Waals surface area contributed by atoms with E-state index in [9.17, 15) is 5.11 Å². The summed E-state index contributed by atoms with van der Waals surface area (Å²) in [7, 11) is 8.91. The Bertz CT molecular complexity index is 193. The van der Waals surface area contributed by atoms with Crippen LogP contribution in [0.15, 0.2) is 0 Å². The fourth-order valence-corrected chi connectivity index (χ4v) is 2.55. The molecule has 0 aromatic rings. The monoisotopic (exact) mass is 260 g/mol. The van der Waals surface area contributed by atoms with Gasteiger partial charge < -0.3 is 14.1 Å².